The molecule has 1 N–H and O–H groups in total. The topological polar surface area (TPSA) is 41.6 Å². The molecule has 1 fully saturated rings. The second-order valence-electron chi connectivity index (χ2n) is 5.33. The lowest BCUT2D eigenvalue weighted by atomic mass is 9.97. The summed E-state index contributed by atoms with van der Waals surface area (Å²) in [5.74, 6) is 3.43. The lowest BCUT2D eigenvalue weighted by molar-refractivity contribution is 0.534. The number of H-pyrrole nitrogens is 1. The standard InChI is InChI=1S/C14H25N3/c1-3-7-11(8-4-2)13-15-14(17-16-13)12-9-5-6-10-12/h11-12H,3-10H2,1-2H3,(H,15,16,17). The van der Waals surface area contributed by atoms with Gasteiger partial charge in [-0.2, -0.15) is 5.10 Å². The second-order valence-corrected chi connectivity index (χ2v) is 5.33. The van der Waals surface area contributed by atoms with Crippen LogP contribution in [0.3, 0.4) is 0 Å². The zero-order valence-corrected chi connectivity index (χ0v) is 11.2. The maximum Gasteiger partial charge on any atom is 0.153 e. The molecule has 96 valence electrons. The van der Waals surface area contributed by atoms with Crippen molar-refractivity contribution in [3.05, 3.63) is 11.6 Å². The predicted molar refractivity (Wildman–Crippen MR) is 70.1 cm³/mol. The maximum absolute atomic E-state index is 4.76. The molecule has 0 amide bonds. The van der Waals surface area contributed by atoms with Crippen LogP contribution in [0.4, 0.5) is 0 Å². The van der Waals surface area contributed by atoms with Crippen LogP contribution in [0.15, 0.2) is 0 Å². The Hall–Kier alpha value is -0.860. The van der Waals surface area contributed by atoms with Crippen molar-refractivity contribution in [3.63, 3.8) is 0 Å². The summed E-state index contributed by atoms with van der Waals surface area (Å²) in [6.07, 6.45) is 10.2. The third-order valence-corrected chi connectivity index (χ3v) is 3.90. The Morgan fingerprint density at radius 3 is 2.41 bits per heavy atom. The lowest BCUT2D eigenvalue weighted by Crippen LogP contribution is -2.01. The number of hydrogen-bond donors (Lipinski definition) is 1. The van der Waals surface area contributed by atoms with Crippen LogP contribution < -0.4 is 0 Å². The zero-order valence-electron chi connectivity index (χ0n) is 11.2. The van der Waals surface area contributed by atoms with Gasteiger partial charge in [0.25, 0.3) is 0 Å². The molecular formula is C14H25N3. The molecule has 1 heterocycles. The van der Waals surface area contributed by atoms with E-state index in [2.05, 4.69) is 24.0 Å². The average molecular weight is 235 g/mol. The second kappa shape index (κ2) is 6.18. The smallest absolute Gasteiger partial charge is 0.153 e. The molecule has 0 aliphatic heterocycles. The van der Waals surface area contributed by atoms with E-state index in [1.54, 1.807) is 0 Å². The Kier molecular flexibility index (Phi) is 4.57. The van der Waals surface area contributed by atoms with Gasteiger partial charge < -0.3 is 0 Å². The van der Waals surface area contributed by atoms with Crippen molar-refractivity contribution in [1.82, 2.24) is 15.2 Å². The number of rotatable bonds is 6. The molecule has 1 aromatic rings. The molecule has 0 unspecified atom stereocenters. The summed E-state index contributed by atoms with van der Waals surface area (Å²) < 4.78 is 0. The minimum absolute atomic E-state index is 0.566. The summed E-state index contributed by atoms with van der Waals surface area (Å²) in [6.45, 7) is 4.49. The monoisotopic (exact) mass is 235 g/mol. The molecule has 2 rings (SSSR count). The summed E-state index contributed by atoms with van der Waals surface area (Å²) in [5.41, 5.74) is 0. The number of hydrogen-bond acceptors (Lipinski definition) is 2. The molecule has 0 spiro atoms. The molecule has 0 aromatic carbocycles. The SMILES string of the molecule is CCCC(CCC)c1n[nH]c(C2CCCC2)n1. The van der Waals surface area contributed by atoms with Crippen LogP contribution in [-0.4, -0.2) is 15.2 Å². The van der Waals surface area contributed by atoms with Gasteiger partial charge in [-0.1, -0.05) is 39.5 Å². The highest BCUT2D eigenvalue weighted by molar-refractivity contribution is 5.03. The normalized spacial score (nSPS) is 17.1. The van der Waals surface area contributed by atoms with E-state index in [0.29, 0.717) is 11.8 Å². The molecule has 3 nitrogen and oxygen atoms in total. The van der Waals surface area contributed by atoms with Gasteiger partial charge in [-0.05, 0) is 25.7 Å². The molecule has 17 heavy (non-hydrogen) atoms. The lowest BCUT2D eigenvalue weighted by Gasteiger charge is -2.10. The average Bonchev–Trinajstić information content (AvgIpc) is 2.99. The van der Waals surface area contributed by atoms with Gasteiger partial charge in [0.1, 0.15) is 5.82 Å². The van der Waals surface area contributed by atoms with Crippen molar-refractivity contribution in [2.24, 2.45) is 0 Å². The van der Waals surface area contributed by atoms with Crippen LogP contribution in [0.5, 0.6) is 0 Å². The Bertz CT molecular complexity index is 320. The summed E-state index contributed by atoms with van der Waals surface area (Å²) in [6, 6.07) is 0. The Morgan fingerprint density at radius 2 is 1.82 bits per heavy atom. The van der Waals surface area contributed by atoms with Gasteiger partial charge in [-0.15, -0.1) is 0 Å². The van der Waals surface area contributed by atoms with Crippen LogP contribution in [0, 0.1) is 0 Å². The van der Waals surface area contributed by atoms with E-state index in [0.717, 1.165) is 11.6 Å². The fourth-order valence-electron chi connectivity index (χ4n) is 2.95. The van der Waals surface area contributed by atoms with Gasteiger partial charge in [-0.25, -0.2) is 4.98 Å². The van der Waals surface area contributed by atoms with E-state index in [1.165, 1.54) is 51.4 Å². The van der Waals surface area contributed by atoms with Crippen molar-refractivity contribution in [3.8, 4) is 0 Å². The first-order valence-electron chi connectivity index (χ1n) is 7.27. The fraction of sp³-hybridized carbons (Fsp3) is 0.857. The molecule has 0 saturated heterocycles. The molecular weight excluding hydrogens is 210 g/mol. The highest BCUT2D eigenvalue weighted by Crippen LogP contribution is 2.33. The maximum atomic E-state index is 4.76. The fourth-order valence-corrected chi connectivity index (χ4v) is 2.95. The molecule has 0 bridgehead atoms. The van der Waals surface area contributed by atoms with Crippen molar-refractivity contribution >= 4 is 0 Å². The largest absolute Gasteiger partial charge is 0.263 e. The van der Waals surface area contributed by atoms with Gasteiger partial charge in [-0.3, -0.25) is 5.10 Å². The Morgan fingerprint density at radius 1 is 1.18 bits per heavy atom. The van der Waals surface area contributed by atoms with Crippen LogP contribution in [0.1, 0.15) is 88.7 Å². The van der Waals surface area contributed by atoms with Gasteiger partial charge in [0, 0.05) is 11.8 Å². The van der Waals surface area contributed by atoms with Crippen molar-refractivity contribution in [1.29, 1.82) is 0 Å². The molecule has 3 heteroatoms. The first-order valence-corrected chi connectivity index (χ1v) is 7.27. The zero-order chi connectivity index (χ0) is 12.1. The van der Waals surface area contributed by atoms with E-state index >= 15 is 0 Å². The summed E-state index contributed by atoms with van der Waals surface area (Å²) in [7, 11) is 0. The van der Waals surface area contributed by atoms with Gasteiger partial charge >= 0.3 is 0 Å². The molecule has 0 atom stereocenters. The first kappa shape index (κ1) is 12.6. The molecule has 1 aliphatic rings. The number of nitrogens with one attached hydrogen (secondary N) is 1. The Labute approximate surface area is 104 Å². The highest BCUT2D eigenvalue weighted by atomic mass is 15.2. The molecule has 1 aromatic heterocycles. The summed E-state index contributed by atoms with van der Waals surface area (Å²) in [5, 5.41) is 7.65. The summed E-state index contributed by atoms with van der Waals surface area (Å²) in [4.78, 5) is 4.76. The minimum atomic E-state index is 0.566. The quantitative estimate of drug-likeness (QED) is 0.805. The van der Waals surface area contributed by atoms with Gasteiger partial charge in [0.15, 0.2) is 5.82 Å². The molecule has 0 radical (unpaired) electrons. The van der Waals surface area contributed by atoms with E-state index in [9.17, 15) is 0 Å². The van der Waals surface area contributed by atoms with Gasteiger partial charge in [0.05, 0.1) is 0 Å². The highest BCUT2D eigenvalue weighted by Gasteiger charge is 2.22. The van der Waals surface area contributed by atoms with E-state index < -0.39 is 0 Å². The summed E-state index contributed by atoms with van der Waals surface area (Å²) >= 11 is 0. The van der Waals surface area contributed by atoms with Crippen LogP contribution >= 0.6 is 0 Å². The Balaban J connectivity index is 2.03. The third-order valence-electron chi connectivity index (χ3n) is 3.90. The molecule has 1 saturated carbocycles. The van der Waals surface area contributed by atoms with Crippen molar-refractivity contribution in [2.45, 2.75) is 77.0 Å². The van der Waals surface area contributed by atoms with E-state index in [4.69, 9.17) is 4.98 Å². The first-order chi connectivity index (χ1) is 8.35. The molecule has 1 aliphatic carbocycles. The van der Waals surface area contributed by atoms with Crippen LogP contribution in [-0.2, 0) is 0 Å². The number of aromatic nitrogens is 3. The predicted octanol–water partition coefficient (Wildman–Crippen LogP) is 4.15. The van der Waals surface area contributed by atoms with Crippen molar-refractivity contribution in [2.75, 3.05) is 0 Å². The number of nitrogens with zero attached hydrogens (tertiary/aromatic N) is 2. The van der Waals surface area contributed by atoms with Crippen molar-refractivity contribution < 1.29 is 0 Å². The van der Waals surface area contributed by atoms with E-state index in [-0.39, 0.29) is 0 Å². The minimum Gasteiger partial charge on any atom is -0.263 e. The van der Waals surface area contributed by atoms with E-state index in [1.807, 2.05) is 0 Å². The van der Waals surface area contributed by atoms with Crippen LogP contribution in [0.2, 0.25) is 0 Å². The van der Waals surface area contributed by atoms with Crippen LogP contribution in [0.25, 0.3) is 0 Å². The van der Waals surface area contributed by atoms with Gasteiger partial charge in [0.2, 0.25) is 0 Å². The third kappa shape index (κ3) is 3.08. The number of aromatic amines is 1.